The van der Waals surface area contributed by atoms with Crippen molar-refractivity contribution >= 4 is 82.5 Å². The Bertz CT molecular complexity index is 436. The van der Waals surface area contributed by atoms with Crippen molar-refractivity contribution in [1.82, 2.24) is 0 Å². The summed E-state index contributed by atoms with van der Waals surface area (Å²) in [6.07, 6.45) is 0. The fraction of sp³-hybridized carbons (Fsp3) is 0. The average molecular weight is 465 g/mol. The summed E-state index contributed by atoms with van der Waals surface area (Å²) < 4.78 is 5.23. The average Bonchev–Trinajstić information content (AvgIpc) is 2.42. The summed E-state index contributed by atoms with van der Waals surface area (Å²) in [7, 11) is 0. The molecule has 0 aliphatic carbocycles. The molecule has 0 aliphatic heterocycles. The van der Waals surface area contributed by atoms with Crippen LogP contribution in [0.1, 0.15) is 0 Å². The molecule has 12 heavy (non-hydrogen) atoms. The van der Waals surface area contributed by atoms with Crippen LogP contribution in [0.2, 0.25) is 0 Å². The van der Waals surface area contributed by atoms with Crippen LogP contribution < -0.4 is 0 Å². The number of halogens is 3. The third-order valence-electron chi connectivity index (χ3n) is 1.58. The maximum absolute atomic E-state index is 3.55. The first kappa shape index (κ1) is 9.67. The molecule has 62 valence electrons. The highest BCUT2D eigenvalue weighted by atomic mass is 127. The Morgan fingerprint density at radius 2 is 1.92 bits per heavy atom. The summed E-state index contributed by atoms with van der Waals surface area (Å²) in [5.41, 5.74) is 0. The van der Waals surface area contributed by atoms with Crippen molar-refractivity contribution < 1.29 is 0 Å². The van der Waals surface area contributed by atoms with Gasteiger partial charge in [0.1, 0.15) is 0 Å². The molecule has 1 aromatic heterocycles. The molecule has 0 spiro atoms. The van der Waals surface area contributed by atoms with E-state index in [9.17, 15) is 0 Å². The topological polar surface area (TPSA) is 0 Å². The quantitative estimate of drug-likeness (QED) is 0.488. The lowest BCUT2D eigenvalue weighted by Gasteiger charge is -1.96. The van der Waals surface area contributed by atoms with Crippen molar-refractivity contribution in [3.8, 4) is 0 Å². The Labute approximate surface area is 110 Å². The van der Waals surface area contributed by atoms with Crippen molar-refractivity contribution in [3.05, 3.63) is 29.1 Å². The SMILES string of the molecule is Brc1ccc(I)c2c(I)csc12. The standard InChI is InChI=1S/C8H3BrI2S/c9-4-1-2-5(10)7-6(11)3-12-8(4)7/h1-3H. The summed E-state index contributed by atoms with van der Waals surface area (Å²) in [5.74, 6) is 0. The fourth-order valence-electron chi connectivity index (χ4n) is 1.04. The Morgan fingerprint density at radius 3 is 2.58 bits per heavy atom. The van der Waals surface area contributed by atoms with Gasteiger partial charge in [-0.15, -0.1) is 11.3 Å². The predicted octanol–water partition coefficient (Wildman–Crippen LogP) is 4.87. The van der Waals surface area contributed by atoms with Crippen LogP contribution in [-0.4, -0.2) is 0 Å². The highest BCUT2D eigenvalue weighted by Crippen LogP contribution is 2.35. The highest BCUT2D eigenvalue weighted by Gasteiger charge is 2.07. The van der Waals surface area contributed by atoms with Crippen LogP contribution in [0.5, 0.6) is 0 Å². The third-order valence-corrected chi connectivity index (χ3v) is 5.69. The molecule has 0 aliphatic rings. The molecule has 0 unspecified atom stereocenters. The van der Waals surface area contributed by atoms with E-state index in [1.54, 1.807) is 11.3 Å². The number of hydrogen-bond acceptors (Lipinski definition) is 1. The van der Waals surface area contributed by atoms with Gasteiger partial charge in [-0.3, -0.25) is 0 Å². The number of fused-ring (bicyclic) bond motifs is 1. The summed E-state index contributed by atoms with van der Waals surface area (Å²) >= 11 is 10.1. The minimum absolute atomic E-state index is 1.20. The maximum Gasteiger partial charge on any atom is 0.0506 e. The Hall–Kier alpha value is 1.12. The molecule has 0 saturated heterocycles. The Morgan fingerprint density at radius 1 is 1.17 bits per heavy atom. The van der Waals surface area contributed by atoms with Gasteiger partial charge in [-0.2, -0.15) is 0 Å². The van der Waals surface area contributed by atoms with E-state index >= 15 is 0 Å². The summed E-state index contributed by atoms with van der Waals surface area (Å²) in [6, 6.07) is 4.25. The van der Waals surface area contributed by atoms with E-state index in [4.69, 9.17) is 0 Å². The Balaban J connectivity index is 2.98. The minimum Gasteiger partial charge on any atom is -0.141 e. The predicted molar refractivity (Wildman–Crippen MR) is 75.0 cm³/mol. The molecule has 0 saturated carbocycles. The van der Waals surface area contributed by atoms with Gasteiger partial charge in [-0.1, -0.05) is 0 Å². The maximum atomic E-state index is 3.55. The van der Waals surface area contributed by atoms with Gasteiger partial charge in [0.2, 0.25) is 0 Å². The number of rotatable bonds is 0. The zero-order valence-corrected chi connectivity index (χ0v) is 12.5. The second-order valence-corrected chi connectivity index (χ2v) is 6.38. The van der Waals surface area contributed by atoms with E-state index in [0.717, 1.165) is 0 Å². The van der Waals surface area contributed by atoms with Crippen LogP contribution in [0.15, 0.2) is 22.0 Å². The van der Waals surface area contributed by atoms with Crippen LogP contribution in [0, 0.1) is 7.14 Å². The first-order valence-electron chi connectivity index (χ1n) is 3.21. The third kappa shape index (κ3) is 1.55. The summed E-state index contributed by atoms with van der Waals surface area (Å²) in [5, 5.41) is 3.58. The Kier molecular flexibility index (Phi) is 2.98. The van der Waals surface area contributed by atoms with Gasteiger partial charge >= 0.3 is 0 Å². The molecule has 0 fully saturated rings. The molecule has 0 radical (unpaired) electrons. The molecule has 1 heterocycles. The molecule has 0 nitrogen and oxygen atoms in total. The zero-order chi connectivity index (χ0) is 8.72. The number of benzene rings is 1. The first-order chi connectivity index (χ1) is 5.70. The van der Waals surface area contributed by atoms with E-state index in [2.05, 4.69) is 78.6 Å². The van der Waals surface area contributed by atoms with Crippen molar-refractivity contribution in [2.75, 3.05) is 0 Å². The van der Waals surface area contributed by atoms with Crippen molar-refractivity contribution in [3.63, 3.8) is 0 Å². The molecule has 4 heteroatoms. The highest BCUT2D eigenvalue weighted by molar-refractivity contribution is 14.1. The van der Waals surface area contributed by atoms with Crippen LogP contribution >= 0.6 is 72.4 Å². The van der Waals surface area contributed by atoms with Crippen LogP contribution in [-0.2, 0) is 0 Å². The fourth-order valence-corrected chi connectivity index (χ4v) is 5.07. The van der Waals surface area contributed by atoms with Gasteiger partial charge < -0.3 is 0 Å². The van der Waals surface area contributed by atoms with E-state index in [1.807, 2.05) is 0 Å². The summed E-state index contributed by atoms with van der Waals surface area (Å²) in [4.78, 5) is 0. The van der Waals surface area contributed by atoms with Crippen molar-refractivity contribution in [2.24, 2.45) is 0 Å². The van der Waals surface area contributed by atoms with E-state index < -0.39 is 0 Å². The van der Waals surface area contributed by atoms with Gasteiger partial charge in [0.25, 0.3) is 0 Å². The van der Waals surface area contributed by atoms with Gasteiger partial charge in [0, 0.05) is 22.4 Å². The van der Waals surface area contributed by atoms with Gasteiger partial charge in [0.15, 0.2) is 0 Å². The van der Waals surface area contributed by atoms with E-state index in [0.29, 0.717) is 0 Å². The van der Waals surface area contributed by atoms with Crippen LogP contribution in [0.4, 0.5) is 0 Å². The first-order valence-corrected chi connectivity index (χ1v) is 7.04. The number of hydrogen-bond donors (Lipinski definition) is 0. The van der Waals surface area contributed by atoms with Gasteiger partial charge in [-0.05, 0) is 73.2 Å². The molecular weight excluding hydrogens is 462 g/mol. The van der Waals surface area contributed by atoms with E-state index in [-0.39, 0.29) is 0 Å². The molecular formula is C8H3BrI2S. The minimum atomic E-state index is 1.20. The molecule has 0 bridgehead atoms. The molecule has 0 atom stereocenters. The van der Waals surface area contributed by atoms with Gasteiger partial charge in [-0.25, -0.2) is 0 Å². The molecule has 2 aromatic rings. The smallest absolute Gasteiger partial charge is 0.0506 e. The molecule has 0 amide bonds. The molecule has 0 N–H and O–H groups in total. The second-order valence-electron chi connectivity index (χ2n) is 2.32. The molecule has 2 rings (SSSR count). The van der Waals surface area contributed by atoms with Crippen LogP contribution in [0.3, 0.4) is 0 Å². The largest absolute Gasteiger partial charge is 0.141 e. The zero-order valence-electron chi connectivity index (χ0n) is 5.77. The molecule has 1 aromatic carbocycles. The number of thiophene rings is 1. The van der Waals surface area contributed by atoms with Crippen LogP contribution in [0.25, 0.3) is 10.1 Å². The van der Waals surface area contributed by atoms with Crippen molar-refractivity contribution in [2.45, 2.75) is 0 Å². The van der Waals surface area contributed by atoms with Crippen molar-refractivity contribution in [1.29, 1.82) is 0 Å². The van der Waals surface area contributed by atoms with Gasteiger partial charge in [0.05, 0.1) is 4.70 Å². The summed E-state index contributed by atoms with van der Waals surface area (Å²) in [6.45, 7) is 0. The monoisotopic (exact) mass is 464 g/mol. The lowest BCUT2D eigenvalue weighted by atomic mass is 10.3. The normalized spacial score (nSPS) is 10.9. The second kappa shape index (κ2) is 3.70. The lowest BCUT2D eigenvalue weighted by Crippen LogP contribution is -1.75. The van der Waals surface area contributed by atoms with E-state index in [1.165, 1.54) is 21.7 Å². The lowest BCUT2D eigenvalue weighted by molar-refractivity contribution is 1.72.